The summed E-state index contributed by atoms with van der Waals surface area (Å²) in [6.07, 6.45) is 0.00440. The normalized spacial score (nSPS) is 31.6. The number of benzene rings is 1. The van der Waals surface area contributed by atoms with Gasteiger partial charge in [-0.25, -0.2) is 0 Å². The Labute approximate surface area is 121 Å². The van der Waals surface area contributed by atoms with Gasteiger partial charge in [-0.2, -0.15) is 0 Å². The molecule has 108 valence electrons. The predicted octanol–water partition coefficient (Wildman–Crippen LogP) is 2.94. The molecule has 20 heavy (non-hydrogen) atoms. The molecular weight excluding hydrogens is 248 g/mol. The molecule has 2 atom stereocenters. The summed E-state index contributed by atoms with van der Waals surface area (Å²) in [7, 11) is 0. The monoisotopic (exact) mass is 272 g/mol. The Morgan fingerprint density at radius 1 is 1.05 bits per heavy atom. The van der Waals surface area contributed by atoms with Crippen molar-refractivity contribution < 1.29 is 4.79 Å². The third-order valence-corrected chi connectivity index (χ3v) is 5.65. The van der Waals surface area contributed by atoms with Crippen LogP contribution in [0.3, 0.4) is 0 Å². The van der Waals surface area contributed by atoms with Crippen LogP contribution < -0.4 is 5.32 Å². The maximum Gasteiger partial charge on any atom is 0.241 e. The van der Waals surface area contributed by atoms with Crippen molar-refractivity contribution in [2.45, 2.75) is 52.9 Å². The van der Waals surface area contributed by atoms with Crippen LogP contribution in [0, 0.1) is 10.8 Å². The lowest BCUT2D eigenvalue weighted by Crippen LogP contribution is -2.36. The Hall–Kier alpha value is -1.35. The molecule has 2 unspecified atom stereocenters. The van der Waals surface area contributed by atoms with Crippen LogP contribution in [-0.4, -0.2) is 22.9 Å². The molecule has 3 nitrogen and oxygen atoms in total. The Morgan fingerprint density at radius 2 is 1.60 bits per heavy atom. The molecule has 2 aliphatic rings. The van der Waals surface area contributed by atoms with Crippen molar-refractivity contribution in [1.82, 2.24) is 10.2 Å². The highest BCUT2D eigenvalue weighted by molar-refractivity contribution is 5.85. The van der Waals surface area contributed by atoms with Crippen LogP contribution >= 0.6 is 0 Å². The van der Waals surface area contributed by atoms with Crippen molar-refractivity contribution in [2.24, 2.45) is 10.8 Å². The molecule has 1 aromatic rings. The summed E-state index contributed by atoms with van der Waals surface area (Å²) in [4.78, 5) is 14.7. The van der Waals surface area contributed by atoms with Gasteiger partial charge in [0.15, 0.2) is 0 Å². The van der Waals surface area contributed by atoms with E-state index in [-0.39, 0.29) is 28.9 Å². The topological polar surface area (TPSA) is 32.3 Å². The average molecular weight is 272 g/mol. The molecule has 1 saturated carbocycles. The molecule has 1 aliphatic heterocycles. The average Bonchev–Trinajstić information content (AvgIpc) is 2.64. The van der Waals surface area contributed by atoms with Crippen LogP contribution in [0.15, 0.2) is 30.3 Å². The van der Waals surface area contributed by atoms with E-state index in [1.807, 2.05) is 25.1 Å². The van der Waals surface area contributed by atoms with Gasteiger partial charge in [-0.15, -0.1) is 0 Å². The first kappa shape index (κ1) is 13.6. The number of hydrogen-bond donors (Lipinski definition) is 1. The van der Waals surface area contributed by atoms with Crippen LogP contribution in [0.2, 0.25) is 0 Å². The number of nitrogens with one attached hydrogen (secondary N) is 1. The Bertz CT molecular complexity index is 521. The lowest BCUT2D eigenvalue weighted by Gasteiger charge is -2.27. The summed E-state index contributed by atoms with van der Waals surface area (Å²) < 4.78 is 0. The molecule has 0 radical (unpaired) electrons. The fourth-order valence-corrected chi connectivity index (χ4v) is 3.76. The van der Waals surface area contributed by atoms with Crippen LogP contribution in [0.5, 0.6) is 0 Å². The summed E-state index contributed by atoms with van der Waals surface area (Å²) in [5, 5.41) is 3.44. The maximum atomic E-state index is 12.6. The van der Waals surface area contributed by atoms with Crippen molar-refractivity contribution in [3.63, 3.8) is 0 Å². The molecule has 1 aliphatic carbocycles. The van der Waals surface area contributed by atoms with E-state index in [1.165, 1.54) is 5.56 Å². The molecule has 1 saturated heterocycles. The fourth-order valence-electron chi connectivity index (χ4n) is 3.76. The van der Waals surface area contributed by atoms with E-state index in [9.17, 15) is 4.79 Å². The van der Waals surface area contributed by atoms with Crippen LogP contribution in [0.4, 0.5) is 0 Å². The third-order valence-electron chi connectivity index (χ3n) is 5.65. The summed E-state index contributed by atoms with van der Waals surface area (Å²) in [5.41, 5.74) is 1.51. The first-order valence-corrected chi connectivity index (χ1v) is 7.41. The second-order valence-electron chi connectivity index (χ2n) is 7.29. The maximum absolute atomic E-state index is 12.6. The van der Waals surface area contributed by atoms with Gasteiger partial charge >= 0.3 is 0 Å². The predicted molar refractivity (Wildman–Crippen MR) is 80.0 cm³/mol. The Kier molecular flexibility index (Phi) is 2.78. The molecule has 0 bridgehead atoms. The first-order chi connectivity index (χ1) is 9.28. The second-order valence-corrected chi connectivity index (χ2v) is 7.29. The van der Waals surface area contributed by atoms with Gasteiger partial charge in [0, 0.05) is 6.04 Å². The first-order valence-electron chi connectivity index (χ1n) is 7.41. The van der Waals surface area contributed by atoms with E-state index in [1.54, 1.807) is 0 Å². The number of carbonyl (C=O) groups excluding carboxylic acids is 1. The van der Waals surface area contributed by atoms with E-state index in [4.69, 9.17) is 0 Å². The second kappa shape index (κ2) is 4.08. The van der Waals surface area contributed by atoms with Gasteiger partial charge in [0.1, 0.15) is 6.17 Å². The van der Waals surface area contributed by atoms with E-state index in [0.717, 1.165) is 0 Å². The van der Waals surface area contributed by atoms with Gasteiger partial charge in [-0.3, -0.25) is 10.1 Å². The van der Waals surface area contributed by atoms with Crippen LogP contribution in [0.1, 0.15) is 46.3 Å². The minimum atomic E-state index is -0.104. The highest BCUT2D eigenvalue weighted by Gasteiger charge is 2.70. The van der Waals surface area contributed by atoms with Crippen molar-refractivity contribution in [2.75, 3.05) is 0 Å². The van der Waals surface area contributed by atoms with Gasteiger partial charge in [-0.05, 0) is 23.3 Å². The number of hydrogen-bond acceptors (Lipinski definition) is 2. The number of nitrogens with zero attached hydrogens (tertiary/aromatic N) is 1. The summed E-state index contributed by atoms with van der Waals surface area (Å²) in [5.74, 6) is 0.225. The zero-order chi connectivity index (χ0) is 14.7. The fraction of sp³-hybridized carbons (Fsp3) is 0.588. The quantitative estimate of drug-likeness (QED) is 0.897. The number of carbonyl (C=O) groups is 1. The smallest absolute Gasteiger partial charge is 0.241 e. The summed E-state index contributed by atoms with van der Waals surface area (Å²) >= 11 is 0. The van der Waals surface area contributed by atoms with Gasteiger partial charge in [-0.1, -0.05) is 58.0 Å². The lowest BCUT2D eigenvalue weighted by atomic mass is 10.0. The van der Waals surface area contributed by atoms with Crippen molar-refractivity contribution in [3.8, 4) is 0 Å². The van der Waals surface area contributed by atoms with Gasteiger partial charge in [0.2, 0.25) is 5.91 Å². The molecule has 0 spiro atoms. The number of amides is 1. The molecule has 1 aromatic carbocycles. The molecule has 2 fully saturated rings. The molecule has 1 N–H and O–H groups in total. The Balaban J connectivity index is 1.97. The minimum absolute atomic E-state index is 0.00440. The summed E-state index contributed by atoms with van der Waals surface area (Å²) in [6, 6.07) is 10.5. The standard InChI is InChI=1S/C17H24N2O/c1-11-14(20)19(15-16(2,3)17(15,4)5)13(18-11)12-9-7-6-8-10-12/h6-11,13,15,18H,1-5H3. The van der Waals surface area contributed by atoms with Crippen LogP contribution in [-0.2, 0) is 4.79 Å². The van der Waals surface area contributed by atoms with E-state index in [0.29, 0.717) is 6.04 Å². The molecule has 0 aromatic heterocycles. The molecule has 3 heteroatoms. The van der Waals surface area contributed by atoms with E-state index >= 15 is 0 Å². The zero-order valence-electron chi connectivity index (χ0n) is 13.0. The van der Waals surface area contributed by atoms with Gasteiger partial charge in [0.05, 0.1) is 6.04 Å². The summed E-state index contributed by atoms with van der Waals surface area (Å²) in [6.45, 7) is 11.0. The molecule has 1 heterocycles. The highest BCUT2D eigenvalue weighted by atomic mass is 16.2. The van der Waals surface area contributed by atoms with E-state index < -0.39 is 0 Å². The minimum Gasteiger partial charge on any atom is -0.317 e. The van der Waals surface area contributed by atoms with Gasteiger partial charge < -0.3 is 4.90 Å². The Morgan fingerprint density at radius 3 is 2.10 bits per heavy atom. The number of rotatable bonds is 2. The lowest BCUT2D eigenvalue weighted by molar-refractivity contribution is -0.131. The molecule has 3 rings (SSSR count). The van der Waals surface area contributed by atoms with Crippen LogP contribution in [0.25, 0.3) is 0 Å². The molecule has 1 amide bonds. The SMILES string of the molecule is CC1NC(c2ccccc2)N(C2C(C)(C)C2(C)C)C1=O. The van der Waals surface area contributed by atoms with Crippen molar-refractivity contribution >= 4 is 5.91 Å². The largest absolute Gasteiger partial charge is 0.317 e. The van der Waals surface area contributed by atoms with Gasteiger partial charge in [0.25, 0.3) is 0 Å². The zero-order valence-corrected chi connectivity index (χ0v) is 13.0. The third kappa shape index (κ3) is 1.65. The highest BCUT2D eigenvalue weighted by Crippen LogP contribution is 2.66. The molecular formula is C17H24N2O. The van der Waals surface area contributed by atoms with E-state index in [2.05, 4.69) is 50.0 Å². The van der Waals surface area contributed by atoms with Crippen molar-refractivity contribution in [3.05, 3.63) is 35.9 Å². The van der Waals surface area contributed by atoms with Crippen molar-refractivity contribution in [1.29, 1.82) is 0 Å².